The van der Waals surface area contributed by atoms with Crippen molar-refractivity contribution < 1.29 is 9.90 Å². The summed E-state index contributed by atoms with van der Waals surface area (Å²) >= 11 is 0. The van der Waals surface area contributed by atoms with Crippen LogP contribution in [0.3, 0.4) is 0 Å². The van der Waals surface area contributed by atoms with Crippen LogP contribution in [0, 0.1) is 11.8 Å². The topological polar surface area (TPSA) is 80.0 Å². The van der Waals surface area contributed by atoms with E-state index in [-0.39, 0.29) is 18.4 Å². The van der Waals surface area contributed by atoms with Crippen LogP contribution in [-0.4, -0.2) is 32.6 Å². The molecule has 0 saturated heterocycles. The number of carbonyl (C=O) groups is 1. The Labute approximate surface area is 136 Å². The molecule has 1 heterocycles. The van der Waals surface area contributed by atoms with E-state index in [0.717, 1.165) is 16.9 Å². The number of hydrogen-bond donors (Lipinski definition) is 2. The lowest BCUT2D eigenvalue weighted by atomic mass is 9.97. The first-order chi connectivity index (χ1) is 11.0. The predicted octanol–water partition coefficient (Wildman–Crippen LogP) is 1.71. The number of nitrogens with one attached hydrogen (secondary N) is 1. The molecular formula is C17H24N4O2. The average molecular weight is 316 g/mol. The van der Waals surface area contributed by atoms with Gasteiger partial charge in [0.1, 0.15) is 0 Å². The minimum atomic E-state index is -0.00506. The second-order valence-electron chi connectivity index (χ2n) is 6.05. The van der Waals surface area contributed by atoms with Gasteiger partial charge in [0.2, 0.25) is 5.91 Å². The van der Waals surface area contributed by atoms with E-state index in [1.165, 1.54) is 0 Å². The summed E-state index contributed by atoms with van der Waals surface area (Å²) in [6.45, 7) is 6.56. The summed E-state index contributed by atoms with van der Waals surface area (Å²) in [5.74, 6) is 0.382. The molecule has 0 aliphatic carbocycles. The summed E-state index contributed by atoms with van der Waals surface area (Å²) in [4.78, 5) is 12.0. The van der Waals surface area contributed by atoms with Gasteiger partial charge < -0.3 is 10.4 Å². The van der Waals surface area contributed by atoms with Crippen molar-refractivity contribution in [2.45, 2.75) is 33.7 Å². The predicted molar refractivity (Wildman–Crippen MR) is 88.0 cm³/mol. The Morgan fingerprint density at radius 2 is 2.13 bits per heavy atom. The number of nitrogens with zero attached hydrogens (tertiary/aromatic N) is 3. The molecule has 0 aliphatic heterocycles. The highest BCUT2D eigenvalue weighted by Crippen LogP contribution is 2.12. The van der Waals surface area contributed by atoms with E-state index in [9.17, 15) is 4.79 Å². The summed E-state index contributed by atoms with van der Waals surface area (Å²) in [6.07, 6.45) is 2.29. The molecule has 1 atom stereocenters. The highest BCUT2D eigenvalue weighted by molar-refractivity contribution is 5.78. The average Bonchev–Trinajstić information content (AvgIpc) is 3.01. The minimum Gasteiger partial charge on any atom is -0.396 e. The normalized spacial score (nSPS) is 12.4. The van der Waals surface area contributed by atoms with Crippen LogP contribution in [0.2, 0.25) is 0 Å². The van der Waals surface area contributed by atoms with Gasteiger partial charge in [-0.05, 0) is 23.6 Å². The number of aromatic nitrogens is 3. The van der Waals surface area contributed by atoms with Crippen LogP contribution >= 0.6 is 0 Å². The van der Waals surface area contributed by atoms with Crippen LogP contribution in [0.5, 0.6) is 0 Å². The second-order valence-corrected chi connectivity index (χ2v) is 6.05. The third-order valence-electron chi connectivity index (χ3n) is 3.96. The molecule has 124 valence electrons. The van der Waals surface area contributed by atoms with Gasteiger partial charge in [-0.25, -0.2) is 4.68 Å². The van der Waals surface area contributed by atoms with Crippen LogP contribution in [0.1, 0.15) is 32.0 Å². The number of rotatable bonds is 7. The van der Waals surface area contributed by atoms with Gasteiger partial charge in [0.15, 0.2) is 0 Å². The van der Waals surface area contributed by atoms with Crippen LogP contribution in [0.4, 0.5) is 0 Å². The smallest absolute Gasteiger partial charge is 0.223 e. The molecule has 0 fully saturated rings. The van der Waals surface area contributed by atoms with Crippen molar-refractivity contribution in [3.63, 3.8) is 0 Å². The van der Waals surface area contributed by atoms with Gasteiger partial charge in [-0.3, -0.25) is 4.79 Å². The molecule has 0 bridgehead atoms. The van der Waals surface area contributed by atoms with E-state index in [1.54, 1.807) is 10.9 Å². The molecule has 2 rings (SSSR count). The standard InChI is InChI=1S/C17H24N4O2/c1-12(2)13(3)17(23)18-10-14-5-4-6-16(9-14)21-11-15(7-8-22)19-20-21/h4-6,9,11-13,22H,7-8,10H2,1-3H3,(H,18,23). The lowest BCUT2D eigenvalue weighted by molar-refractivity contribution is -0.125. The molecule has 0 saturated carbocycles. The van der Waals surface area contributed by atoms with Gasteiger partial charge in [-0.1, -0.05) is 38.1 Å². The van der Waals surface area contributed by atoms with Gasteiger partial charge in [0.25, 0.3) is 0 Å². The van der Waals surface area contributed by atoms with Crippen molar-refractivity contribution in [1.29, 1.82) is 0 Å². The number of hydrogen-bond acceptors (Lipinski definition) is 4. The maximum absolute atomic E-state index is 12.0. The number of aliphatic hydroxyl groups is 1. The number of aliphatic hydroxyl groups excluding tert-OH is 1. The molecule has 0 spiro atoms. The van der Waals surface area contributed by atoms with E-state index >= 15 is 0 Å². The first-order valence-corrected chi connectivity index (χ1v) is 7.90. The fourth-order valence-corrected chi connectivity index (χ4v) is 2.12. The van der Waals surface area contributed by atoms with E-state index in [0.29, 0.717) is 18.9 Å². The molecule has 0 radical (unpaired) electrons. The fraction of sp³-hybridized carbons (Fsp3) is 0.471. The Kier molecular flexibility index (Phi) is 5.87. The molecule has 1 unspecified atom stereocenters. The zero-order chi connectivity index (χ0) is 16.8. The van der Waals surface area contributed by atoms with Crippen molar-refractivity contribution in [2.24, 2.45) is 11.8 Å². The lowest BCUT2D eigenvalue weighted by Gasteiger charge is -2.15. The summed E-state index contributed by atoms with van der Waals surface area (Å²) in [5.41, 5.74) is 2.63. The number of amides is 1. The fourth-order valence-electron chi connectivity index (χ4n) is 2.12. The molecular weight excluding hydrogens is 292 g/mol. The highest BCUT2D eigenvalue weighted by Gasteiger charge is 2.16. The molecule has 2 aromatic rings. The summed E-state index contributed by atoms with van der Waals surface area (Å²) in [7, 11) is 0. The zero-order valence-electron chi connectivity index (χ0n) is 13.9. The highest BCUT2D eigenvalue weighted by atomic mass is 16.3. The number of carbonyl (C=O) groups excluding carboxylic acids is 1. The largest absolute Gasteiger partial charge is 0.396 e. The summed E-state index contributed by atoms with van der Waals surface area (Å²) in [6, 6.07) is 7.79. The van der Waals surface area contributed by atoms with Crippen molar-refractivity contribution in [2.75, 3.05) is 6.61 Å². The molecule has 0 aliphatic rings. The first-order valence-electron chi connectivity index (χ1n) is 7.90. The van der Waals surface area contributed by atoms with Crippen molar-refractivity contribution in [3.05, 3.63) is 41.7 Å². The zero-order valence-corrected chi connectivity index (χ0v) is 13.9. The van der Waals surface area contributed by atoms with Gasteiger partial charge >= 0.3 is 0 Å². The maximum atomic E-state index is 12.0. The third-order valence-corrected chi connectivity index (χ3v) is 3.96. The molecule has 2 N–H and O–H groups in total. The van der Waals surface area contributed by atoms with Crippen LogP contribution < -0.4 is 5.32 Å². The number of benzene rings is 1. The van der Waals surface area contributed by atoms with E-state index in [1.807, 2.05) is 45.0 Å². The van der Waals surface area contributed by atoms with Gasteiger partial charge in [0, 0.05) is 25.5 Å². The Hall–Kier alpha value is -2.21. The van der Waals surface area contributed by atoms with Crippen LogP contribution in [0.25, 0.3) is 5.69 Å². The van der Waals surface area contributed by atoms with Crippen molar-refractivity contribution >= 4 is 5.91 Å². The van der Waals surface area contributed by atoms with Gasteiger partial charge in [0.05, 0.1) is 17.6 Å². The Morgan fingerprint density at radius 3 is 2.83 bits per heavy atom. The SMILES string of the molecule is CC(C)C(C)C(=O)NCc1cccc(-n2cc(CCO)nn2)c1. The summed E-state index contributed by atoms with van der Waals surface area (Å²) < 4.78 is 1.67. The Balaban J connectivity index is 2.03. The van der Waals surface area contributed by atoms with Gasteiger partial charge in [-0.2, -0.15) is 0 Å². The van der Waals surface area contributed by atoms with E-state index in [4.69, 9.17) is 5.11 Å². The summed E-state index contributed by atoms with van der Waals surface area (Å²) in [5, 5.41) is 20.0. The van der Waals surface area contributed by atoms with Crippen LogP contribution in [0.15, 0.2) is 30.5 Å². The molecule has 23 heavy (non-hydrogen) atoms. The Morgan fingerprint density at radius 1 is 1.35 bits per heavy atom. The molecule has 6 nitrogen and oxygen atoms in total. The molecule has 6 heteroatoms. The van der Waals surface area contributed by atoms with Crippen molar-refractivity contribution in [3.8, 4) is 5.69 Å². The molecule has 1 amide bonds. The quantitative estimate of drug-likeness (QED) is 0.815. The first kappa shape index (κ1) is 17.1. The van der Waals surface area contributed by atoms with Gasteiger partial charge in [-0.15, -0.1) is 5.10 Å². The lowest BCUT2D eigenvalue weighted by Crippen LogP contribution is -2.31. The van der Waals surface area contributed by atoms with E-state index < -0.39 is 0 Å². The molecule has 1 aromatic heterocycles. The third kappa shape index (κ3) is 4.63. The monoisotopic (exact) mass is 316 g/mol. The minimum absolute atomic E-state index is 0.00506. The van der Waals surface area contributed by atoms with E-state index in [2.05, 4.69) is 15.6 Å². The van der Waals surface area contributed by atoms with Crippen molar-refractivity contribution in [1.82, 2.24) is 20.3 Å². The van der Waals surface area contributed by atoms with Crippen LogP contribution in [-0.2, 0) is 17.8 Å². The molecule has 1 aromatic carbocycles. The second kappa shape index (κ2) is 7.87. The Bertz CT molecular complexity index is 652. The maximum Gasteiger partial charge on any atom is 0.223 e.